The molecule has 3 nitrogen and oxygen atoms in total. The van der Waals surface area contributed by atoms with Crippen molar-refractivity contribution in [2.45, 2.75) is 45.4 Å². The molecular weight excluding hydrogens is 250 g/mol. The van der Waals surface area contributed by atoms with Crippen molar-refractivity contribution in [3.8, 4) is 0 Å². The number of amides is 1. The van der Waals surface area contributed by atoms with E-state index in [2.05, 4.69) is 0 Å². The summed E-state index contributed by atoms with van der Waals surface area (Å²) in [6.45, 7) is 2.53. The second-order valence-corrected chi connectivity index (χ2v) is 6.02. The lowest BCUT2D eigenvalue weighted by molar-refractivity contribution is -0.123. The van der Waals surface area contributed by atoms with E-state index >= 15 is 0 Å². The lowest BCUT2D eigenvalue weighted by atomic mass is 9.87. The molecule has 0 saturated heterocycles. The van der Waals surface area contributed by atoms with E-state index in [-0.39, 0.29) is 17.6 Å². The Morgan fingerprint density at radius 1 is 1.20 bits per heavy atom. The minimum atomic E-state index is 0.158. The number of hydrogen-bond acceptors (Lipinski definition) is 2. The Morgan fingerprint density at radius 2 is 1.95 bits per heavy atom. The summed E-state index contributed by atoms with van der Waals surface area (Å²) in [6, 6.07) is 5.83. The van der Waals surface area contributed by atoms with E-state index in [9.17, 15) is 9.59 Å². The van der Waals surface area contributed by atoms with Crippen LogP contribution in [0.4, 0.5) is 5.69 Å². The number of carbonyl (C=O) groups is 2. The Bertz CT molecular complexity index is 544. The molecule has 0 radical (unpaired) electrons. The predicted molar refractivity (Wildman–Crippen MR) is 79.1 cm³/mol. The first kappa shape index (κ1) is 13.3. The summed E-state index contributed by atoms with van der Waals surface area (Å²) in [5, 5.41) is 0. The molecule has 0 aromatic heterocycles. The van der Waals surface area contributed by atoms with Crippen molar-refractivity contribution in [2.24, 2.45) is 5.92 Å². The number of rotatable bonds is 1. The molecule has 106 valence electrons. The predicted octanol–water partition coefficient (Wildman–Crippen LogP) is 3.49. The van der Waals surface area contributed by atoms with E-state index < -0.39 is 0 Å². The lowest BCUT2D eigenvalue weighted by Crippen LogP contribution is -2.41. The molecule has 2 aliphatic rings. The minimum absolute atomic E-state index is 0.158. The van der Waals surface area contributed by atoms with Crippen LogP contribution in [-0.4, -0.2) is 18.2 Å². The number of benzene rings is 1. The van der Waals surface area contributed by atoms with Crippen LogP contribution in [-0.2, 0) is 4.79 Å². The molecule has 0 spiro atoms. The normalized spacial score (nSPS) is 19.9. The number of aryl methyl sites for hydroxylation is 1. The molecule has 1 saturated carbocycles. The number of anilines is 1. The molecule has 3 rings (SSSR count). The molecule has 0 atom stereocenters. The maximum absolute atomic E-state index is 12.7. The Labute approximate surface area is 120 Å². The number of ketones is 1. The zero-order chi connectivity index (χ0) is 14.1. The van der Waals surface area contributed by atoms with Gasteiger partial charge in [0.05, 0.1) is 5.69 Å². The molecule has 1 aromatic rings. The van der Waals surface area contributed by atoms with Gasteiger partial charge in [0, 0.05) is 24.4 Å². The Morgan fingerprint density at radius 3 is 2.70 bits per heavy atom. The number of carbonyl (C=O) groups excluding carboxylic acids is 2. The summed E-state index contributed by atoms with van der Waals surface area (Å²) in [5.74, 6) is 0.546. The van der Waals surface area contributed by atoms with Crippen molar-refractivity contribution >= 4 is 17.4 Å². The van der Waals surface area contributed by atoms with Crippen LogP contribution in [0.15, 0.2) is 18.2 Å². The third-order valence-electron chi connectivity index (χ3n) is 4.53. The topological polar surface area (TPSA) is 37.4 Å². The summed E-state index contributed by atoms with van der Waals surface area (Å²) in [5.41, 5.74) is 2.62. The molecule has 0 bridgehead atoms. The van der Waals surface area contributed by atoms with Gasteiger partial charge in [0.15, 0.2) is 5.78 Å². The van der Waals surface area contributed by atoms with Crippen molar-refractivity contribution < 1.29 is 9.59 Å². The van der Waals surface area contributed by atoms with Crippen LogP contribution < -0.4 is 4.90 Å². The summed E-state index contributed by atoms with van der Waals surface area (Å²) >= 11 is 0. The van der Waals surface area contributed by atoms with Gasteiger partial charge in [-0.05, 0) is 31.9 Å². The van der Waals surface area contributed by atoms with Gasteiger partial charge in [-0.1, -0.05) is 30.9 Å². The lowest BCUT2D eigenvalue weighted by Gasteiger charge is -2.33. The van der Waals surface area contributed by atoms with Crippen molar-refractivity contribution in [3.05, 3.63) is 29.3 Å². The number of hydrogen-bond donors (Lipinski definition) is 0. The molecule has 1 aliphatic carbocycles. The zero-order valence-corrected chi connectivity index (χ0v) is 12.0. The fourth-order valence-electron chi connectivity index (χ4n) is 3.38. The van der Waals surface area contributed by atoms with Crippen LogP contribution in [0, 0.1) is 12.8 Å². The van der Waals surface area contributed by atoms with Gasteiger partial charge in [0.2, 0.25) is 5.91 Å². The average Bonchev–Trinajstić information content (AvgIpc) is 2.48. The molecule has 0 N–H and O–H groups in total. The highest BCUT2D eigenvalue weighted by Crippen LogP contribution is 2.32. The molecular formula is C17H21NO2. The van der Waals surface area contributed by atoms with Crippen LogP contribution in [0.1, 0.15) is 54.4 Å². The highest BCUT2D eigenvalue weighted by Gasteiger charge is 2.31. The van der Waals surface area contributed by atoms with E-state index in [4.69, 9.17) is 0 Å². The van der Waals surface area contributed by atoms with Crippen molar-refractivity contribution in [3.63, 3.8) is 0 Å². The fraction of sp³-hybridized carbons (Fsp3) is 0.529. The van der Waals surface area contributed by atoms with Gasteiger partial charge in [0.25, 0.3) is 0 Å². The van der Waals surface area contributed by atoms with Crippen LogP contribution in [0.2, 0.25) is 0 Å². The Kier molecular flexibility index (Phi) is 3.60. The Balaban J connectivity index is 1.90. The molecule has 20 heavy (non-hydrogen) atoms. The SMILES string of the molecule is Cc1ccc2c(c1)C(=O)CCN2C(=O)C1CCCCC1. The first-order valence-electron chi connectivity index (χ1n) is 7.62. The second kappa shape index (κ2) is 5.39. The highest BCUT2D eigenvalue weighted by atomic mass is 16.2. The second-order valence-electron chi connectivity index (χ2n) is 6.02. The quantitative estimate of drug-likeness (QED) is 0.784. The third kappa shape index (κ3) is 2.37. The van der Waals surface area contributed by atoms with Gasteiger partial charge in [-0.15, -0.1) is 0 Å². The van der Waals surface area contributed by atoms with Gasteiger partial charge < -0.3 is 4.90 Å². The first-order valence-corrected chi connectivity index (χ1v) is 7.62. The summed E-state index contributed by atoms with van der Waals surface area (Å²) in [7, 11) is 0. The fourth-order valence-corrected chi connectivity index (χ4v) is 3.38. The monoisotopic (exact) mass is 271 g/mol. The molecule has 1 heterocycles. The van der Waals surface area contributed by atoms with E-state index in [1.165, 1.54) is 6.42 Å². The largest absolute Gasteiger partial charge is 0.311 e. The zero-order valence-electron chi connectivity index (χ0n) is 12.0. The molecule has 1 aliphatic heterocycles. The van der Waals surface area contributed by atoms with Crippen molar-refractivity contribution in [2.75, 3.05) is 11.4 Å². The van der Waals surface area contributed by atoms with Gasteiger partial charge in [-0.25, -0.2) is 0 Å². The van der Waals surface area contributed by atoms with Gasteiger partial charge in [0.1, 0.15) is 0 Å². The summed E-state index contributed by atoms with van der Waals surface area (Å²) in [4.78, 5) is 26.6. The maximum atomic E-state index is 12.7. The highest BCUT2D eigenvalue weighted by molar-refractivity contribution is 6.09. The third-order valence-corrected chi connectivity index (χ3v) is 4.53. The summed E-state index contributed by atoms with van der Waals surface area (Å²) < 4.78 is 0. The molecule has 1 fully saturated rings. The molecule has 1 aromatic carbocycles. The Hall–Kier alpha value is -1.64. The van der Waals surface area contributed by atoms with Gasteiger partial charge >= 0.3 is 0 Å². The maximum Gasteiger partial charge on any atom is 0.230 e. The van der Waals surface area contributed by atoms with Crippen LogP contribution in [0.3, 0.4) is 0 Å². The smallest absolute Gasteiger partial charge is 0.230 e. The molecule has 3 heteroatoms. The van der Waals surface area contributed by atoms with Crippen LogP contribution in [0.25, 0.3) is 0 Å². The van der Waals surface area contributed by atoms with E-state index in [1.807, 2.05) is 30.0 Å². The number of nitrogens with zero attached hydrogens (tertiary/aromatic N) is 1. The van der Waals surface area contributed by atoms with Crippen molar-refractivity contribution in [1.82, 2.24) is 0 Å². The van der Waals surface area contributed by atoms with E-state index in [1.54, 1.807) is 0 Å². The van der Waals surface area contributed by atoms with E-state index in [0.717, 1.165) is 42.5 Å². The number of fused-ring (bicyclic) bond motifs is 1. The van der Waals surface area contributed by atoms with Gasteiger partial charge in [-0.3, -0.25) is 9.59 Å². The average molecular weight is 271 g/mol. The molecule has 0 unspecified atom stereocenters. The van der Waals surface area contributed by atoms with Crippen molar-refractivity contribution in [1.29, 1.82) is 0 Å². The summed E-state index contributed by atoms with van der Waals surface area (Å²) in [6.07, 6.45) is 6.02. The van der Waals surface area contributed by atoms with Gasteiger partial charge in [-0.2, -0.15) is 0 Å². The van der Waals surface area contributed by atoms with Crippen LogP contribution >= 0.6 is 0 Å². The minimum Gasteiger partial charge on any atom is -0.311 e. The number of Topliss-reactive ketones (excluding diaryl/α,β-unsaturated/α-hetero) is 1. The molecule has 1 amide bonds. The van der Waals surface area contributed by atoms with Crippen LogP contribution in [0.5, 0.6) is 0 Å². The first-order chi connectivity index (χ1) is 9.66. The van der Waals surface area contributed by atoms with E-state index in [0.29, 0.717) is 13.0 Å². The standard InChI is InChI=1S/C17H21NO2/c1-12-7-8-15-14(11-12)16(19)9-10-18(15)17(20)13-5-3-2-4-6-13/h7-8,11,13H,2-6,9-10H2,1H3.